The molecule has 1 aliphatic carbocycles. The van der Waals surface area contributed by atoms with Crippen LogP contribution in [0, 0.1) is 12.3 Å². The number of fused-ring (bicyclic) bond motifs is 4. The molecule has 0 spiro atoms. The summed E-state index contributed by atoms with van der Waals surface area (Å²) in [5, 5.41) is 0. The number of anilines is 1. The molecule has 1 unspecified atom stereocenters. The van der Waals surface area contributed by atoms with Gasteiger partial charge < -0.3 is 15.2 Å². The maximum Gasteiger partial charge on any atom is 0.459 e. The first-order chi connectivity index (χ1) is 29.0. The van der Waals surface area contributed by atoms with Gasteiger partial charge in [-0.15, -0.1) is 0 Å². The molecule has 2 heterocycles. The van der Waals surface area contributed by atoms with E-state index in [0.29, 0.717) is 6.07 Å². The lowest BCUT2D eigenvalue weighted by atomic mass is 9.66. The maximum atomic E-state index is 15.3. The number of Topliss-reactive ketones (excluding diaryl/α,β-unsaturated/α-hetero) is 2. The second-order valence-electron chi connectivity index (χ2n) is 14.3. The fraction of sp³-hybridized carbons (Fsp3) is 0.282. The van der Waals surface area contributed by atoms with Crippen LogP contribution in [0.1, 0.15) is 75.7 Å². The Morgan fingerprint density at radius 2 is 0.984 bits per heavy atom. The highest BCUT2D eigenvalue weighted by atomic mass is 19.4. The van der Waals surface area contributed by atoms with Crippen molar-refractivity contribution in [2.24, 2.45) is 5.41 Å². The van der Waals surface area contributed by atoms with Crippen molar-refractivity contribution in [1.29, 1.82) is 0 Å². The van der Waals surface area contributed by atoms with Crippen LogP contribution in [0.4, 0.5) is 84.7 Å². The number of nitrogen functional groups attached to an aromatic ring is 1. The Hall–Kier alpha value is -6.30. The van der Waals surface area contributed by atoms with E-state index in [1.807, 2.05) is 0 Å². The normalized spacial score (nSPS) is 18.0. The van der Waals surface area contributed by atoms with Crippen molar-refractivity contribution in [3.63, 3.8) is 0 Å². The summed E-state index contributed by atoms with van der Waals surface area (Å²) < 4.78 is 256. The zero-order valence-corrected chi connectivity index (χ0v) is 31.0. The van der Waals surface area contributed by atoms with Crippen molar-refractivity contribution in [2.75, 3.05) is 5.73 Å². The van der Waals surface area contributed by atoms with E-state index in [0.717, 1.165) is 31.2 Å². The third-order valence-corrected chi connectivity index (χ3v) is 10.5. The van der Waals surface area contributed by atoms with Gasteiger partial charge in [-0.05, 0) is 60.5 Å². The Labute approximate surface area is 343 Å². The number of carbonyl (C=O) groups is 4. The number of benzene rings is 4. The topological polar surface area (TPSA) is 113 Å². The van der Waals surface area contributed by atoms with E-state index < -0.39 is 111 Å². The molecule has 2 aliphatic heterocycles. The number of cyclic esters (lactones) is 2. The fourth-order valence-electron chi connectivity index (χ4n) is 7.67. The molecular formula is C39H19F18NO6. The summed E-state index contributed by atoms with van der Waals surface area (Å²) in [6.07, 6.45) is -29.3. The molecule has 0 saturated heterocycles. The second-order valence-corrected chi connectivity index (χ2v) is 14.3. The zero-order valence-electron chi connectivity index (χ0n) is 31.0. The minimum Gasteiger partial charge on any atom is -0.457 e. The van der Waals surface area contributed by atoms with Gasteiger partial charge in [0.25, 0.3) is 5.41 Å². The molecule has 1 atom stereocenters. The van der Waals surface area contributed by atoms with Crippen molar-refractivity contribution in [2.45, 2.75) is 61.2 Å². The molecular weight excluding hydrogens is 920 g/mol. The van der Waals surface area contributed by atoms with Gasteiger partial charge in [-0.25, -0.2) is 9.59 Å². The van der Waals surface area contributed by atoms with Crippen LogP contribution in [0.15, 0.2) is 72.8 Å². The Morgan fingerprint density at radius 1 is 0.531 bits per heavy atom. The molecule has 64 heavy (non-hydrogen) atoms. The van der Waals surface area contributed by atoms with Crippen LogP contribution >= 0.6 is 0 Å². The van der Waals surface area contributed by atoms with Gasteiger partial charge in [0.05, 0.1) is 17.5 Å². The average molecular weight is 940 g/mol. The number of ether oxygens (including phenoxy) is 2. The van der Waals surface area contributed by atoms with E-state index in [2.05, 4.69) is 4.74 Å². The van der Waals surface area contributed by atoms with Crippen LogP contribution < -0.4 is 10.5 Å². The Balaban J connectivity index is 0.000000215. The van der Waals surface area contributed by atoms with E-state index >= 15 is 13.2 Å². The van der Waals surface area contributed by atoms with E-state index in [1.54, 1.807) is 6.07 Å². The molecule has 0 aromatic heterocycles. The van der Waals surface area contributed by atoms with Crippen molar-refractivity contribution < 1.29 is 108 Å². The SMILES string of the molecule is Cc1cc(N)cc(C(F)(F)C(C(F)(F)F)(C(F)(F)F)C(F)(F)C(F)(F)C(F)(F)F)c1.O=C1CC(=O)c2cc3c(cc21)Oc1cc2c(cc1C3(c1ccccc1)C(F)(F)F)C(=O)OC2=O. The fourth-order valence-corrected chi connectivity index (χ4v) is 7.67. The first-order valence-corrected chi connectivity index (χ1v) is 17.2. The number of nitrogens with two attached hydrogens (primary N) is 1. The highest BCUT2D eigenvalue weighted by Crippen LogP contribution is 2.73. The molecule has 7 nitrogen and oxygen atoms in total. The predicted octanol–water partition coefficient (Wildman–Crippen LogP) is 11.4. The number of alkyl halides is 18. The third-order valence-electron chi connectivity index (χ3n) is 10.5. The van der Waals surface area contributed by atoms with E-state index in [1.165, 1.54) is 24.3 Å². The van der Waals surface area contributed by atoms with E-state index in [4.69, 9.17) is 10.5 Å². The molecule has 2 N–H and O–H groups in total. The second kappa shape index (κ2) is 14.4. The zero-order chi connectivity index (χ0) is 48.3. The van der Waals surface area contributed by atoms with Crippen molar-refractivity contribution >= 4 is 29.2 Å². The first kappa shape index (κ1) is 47.2. The first-order valence-electron chi connectivity index (χ1n) is 17.2. The quantitative estimate of drug-likeness (QED) is 0.0918. The minimum absolute atomic E-state index is 0.0212. The lowest BCUT2D eigenvalue weighted by Crippen LogP contribution is -2.75. The van der Waals surface area contributed by atoms with Crippen LogP contribution in [-0.4, -0.2) is 60.1 Å². The van der Waals surface area contributed by atoms with Crippen LogP contribution in [0.5, 0.6) is 11.5 Å². The highest BCUT2D eigenvalue weighted by Gasteiger charge is 2.99. The molecule has 4 aromatic carbocycles. The van der Waals surface area contributed by atoms with Gasteiger partial charge in [-0.1, -0.05) is 30.3 Å². The number of aryl methyl sites for hydroxylation is 1. The van der Waals surface area contributed by atoms with Gasteiger partial charge >= 0.3 is 54.4 Å². The molecule has 342 valence electrons. The van der Waals surface area contributed by atoms with Gasteiger partial charge in [0.15, 0.2) is 11.6 Å². The van der Waals surface area contributed by atoms with Gasteiger partial charge in [-0.3, -0.25) is 9.59 Å². The van der Waals surface area contributed by atoms with Gasteiger partial charge in [0.1, 0.15) is 16.9 Å². The molecule has 25 heteroatoms. The molecule has 0 bridgehead atoms. The summed E-state index contributed by atoms with van der Waals surface area (Å²) in [6.45, 7) is 0.751. The Kier molecular flexibility index (Phi) is 10.6. The average Bonchev–Trinajstić information content (AvgIpc) is 3.57. The van der Waals surface area contributed by atoms with Crippen molar-refractivity contribution in [1.82, 2.24) is 0 Å². The smallest absolute Gasteiger partial charge is 0.457 e. The summed E-state index contributed by atoms with van der Waals surface area (Å²) >= 11 is 0. The largest absolute Gasteiger partial charge is 0.459 e. The summed E-state index contributed by atoms with van der Waals surface area (Å²) in [6, 6.07) is 11.2. The Bertz CT molecular complexity index is 2510. The maximum absolute atomic E-state index is 15.3. The van der Waals surface area contributed by atoms with E-state index in [9.17, 15) is 85.0 Å². The lowest BCUT2D eigenvalue weighted by molar-refractivity contribution is -0.499. The molecule has 7 rings (SSSR count). The number of hydrogen-bond acceptors (Lipinski definition) is 7. The van der Waals surface area contributed by atoms with Crippen LogP contribution in [0.3, 0.4) is 0 Å². The van der Waals surface area contributed by atoms with E-state index in [-0.39, 0.29) is 51.4 Å². The summed E-state index contributed by atoms with van der Waals surface area (Å²) in [5.74, 6) is -27.5. The monoisotopic (exact) mass is 939 g/mol. The van der Waals surface area contributed by atoms with Crippen LogP contribution in [0.25, 0.3) is 0 Å². The number of rotatable bonds is 5. The lowest BCUT2D eigenvalue weighted by Gasteiger charge is -2.48. The number of esters is 2. The Morgan fingerprint density at radius 3 is 1.44 bits per heavy atom. The number of halogens is 18. The molecule has 0 fully saturated rings. The third kappa shape index (κ3) is 6.45. The van der Waals surface area contributed by atoms with Crippen molar-refractivity contribution in [3.05, 3.63) is 123 Å². The molecule has 3 aliphatic rings. The number of hydrogen-bond donors (Lipinski definition) is 1. The standard InChI is InChI=1S/C25H11F3O6.C14H8F15N/c26-25(27,28)24(11-4-2-1-3-5-11)16-6-12-13(19(30)10-18(12)29)8-20(16)33-21-9-15-14(7-17(21)24)22(31)34-23(15)32;1-5-2-6(4-7(30)3-5)8(15,16)9(12(21,22)23,13(24,25)26)10(17,18)11(19,20)14(27,28)29/h1-9H,10H2;2-4H,30H2,1H3. The van der Waals surface area contributed by atoms with Crippen LogP contribution in [-0.2, 0) is 16.1 Å². The summed E-state index contributed by atoms with van der Waals surface area (Å²) in [4.78, 5) is 48.9. The summed E-state index contributed by atoms with van der Waals surface area (Å²) in [7, 11) is 0. The highest BCUT2D eigenvalue weighted by molar-refractivity contribution is 6.24. The van der Waals surface area contributed by atoms with Crippen LogP contribution in [0.2, 0.25) is 0 Å². The molecule has 4 aromatic rings. The summed E-state index contributed by atoms with van der Waals surface area (Å²) in [5.41, 5.74) is -12.0. The van der Waals surface area contributed by atoms with Crippen molar-refractivity contribution in [3.8, 4) is 11.5 Å². The predicted molar refractivity (Wildman–Crippen MR) is 178 cm³/mol. The van der Waals surface area contributed by atoms with Gasteiger partial charge in [0, 0.05) is 33.5 Å². The van der Waals surface area contributed by atoms with Gasteiger partial charge in [0.2, 0.25) is 0 Å². The molecule has 0 amide bonds. The number of ketones is 2. The number of carbonyl (C=O) groups excluding carboxylic acids is 4. The minimum atomic E-state index is -8.46. The molecule has 0 saturated carbocycles. The van der Waals surface area contributed by atoms with Gasteiger partial charge in [-0.2, -0.15) is 79.0 Å². The molecule has 0 radical (unpaired) electrons.